The number of urea groups is 1. The van der Waals surface area contributed by atoms with Gasteiger partial charge in [-0.15, -0.1) is 0 Å². The standard InChI is InChI=1S/C18H21ClN2O3/c1-2-23-16-4-3-5-17(12-16)24-11-10-20-18(22)21-13-14-6-8-15(19)9-7-14/h3-9,12H,2,10-11,13H2,1H3,(H2,20,21,22). The molecule has 2 rings (SSSR count). The quantitative estimate of drug-likeness (QED) is 0.716. The molecule has 0 heterocycles. The lowest BCUT2D eigenvalue weighted by Crippen LogP contribution is -2.37. The van der Waals surface area contributed by atoms with E-state index in [0.29, 0.717) is 37.1 Å². The van der Waals surface area contributed by atoms with Crippen molar-refractivity contribution >= 4 is 17.6 Å². The number of carbonyl (C=O) groups excluding carboxylic acids is 1. The normalized spacial score (nSPS) is 10.1. The predicted molar refractivity (Wildman–Crippen MR) is 94.8 cm³/mol. The highest BCUT2D eigenvalue weighted by atomic mass is 35.5. The summed E-state index contributed by atoms with van der Waals surface area (Å²) in [6.45, 7) is 3.77. The molecule has 0 atom stereocenters. The Kier molecular flexibility index (Phi) is 7.23. The Morgan fingerprint density at radius 2 is 1.75 bits per heavy atom. The van der Waals surface area contributed by atoms with E-state index in [1.54, 1.807) is 12.1 Å². The fraction of sp³-hybridized carbons (Fsp3) is 0.278. The Balaban J connectivity index is 1.64. The highest BCUT2D eigenvalue weighted by molar-refractivity contribution is 6.30. The molecule has 0 aliphatic carbocycles. The molecular formula is C18H21ClN2O3. The lowest BCUT2D eigenvalue weighted by Gasteiger charge is -2.10. The highest BCUT2D eigenvalue weighted by Gasteiger charge is 2.01. The maximum absolute atomic E-state index is 11.7. The zero-order valence-electron chi connectivity index (χ0n) is 13.5. The molecule has 0 aliphatic rings. The molecule has 0 aliphatic heterocycles. The van der Waals surface area contributed by atoms with E-state index in [0.717, 1.165) is 11.3 Å². The lowest BCUT2D eigenvalue weighted by molar-refractivity contribution is 0.236. The van der Waals surface area contributed by atoms with Crippen molar-refractivity contribution in [2.75, 3.05) is 19.8 Å². The SMILES string of the molecule is CCOc1cccc(OCCNC(=O)NCc2ccc(Cl)cc2)c1. The van der Waals surface area contributed by atoms with Crippen LogP contribution in [0.3, 0.4) is 0 Å². The Hall–Kier alpha value is -2.40. The Morgan fingerprint density at radius 1 is 1.04 bits per heavy atom. The molecule has 2 amide bonds. The molecule has 128 valence electrons. The first kappa shape index (κ1) is 17.9. The summed E-state index contributed by atoms with van der Waals surface area (Å²) in [5.74, 6) is 1.48. The van der Waals surface area contributed by atoms with Gasteiger partial charge in [0, 0.05) is 17.6 Å². The smallest absolute Gasteiger partial charge is 0.315 e. The molecule has 6 heteroatoms. The van der Waals surface area contributed by atoms with Crippen molar-refractivity contribution in [2.24, 2.45) is 0 Å². The van der Waals surface area contributed by atoms with Gasteiger partial charge in [-0.3, -0.25) is 0 Å². The van der Waals surface area contributed by atoms with Crippen LogP contribution in [0, 0.1) is 0 Å². The van der Waals surface area contributed by atoms with Gasteiger partial charge in [0.25, 0.3) is 0 Å². The molecule has 2 aromatic carbocycles. The molecule has 0 radical (unpaired) electrons. The van der Waals surface area contributed by atoms with Crippen LogP contribution in [0.5, 0.6) is 11.5 Å². The second kappa shape index (κ2) is 9.67. The number of halogens is 1. The van der Waals surface area contributed by atoms with Gasteiger partial charge in [0.1, 0.15) is 18.1 Å². The van der Waals surface area contributed by atoms with Gasteiger partial charge < -0.3 is 20.1 Å². The van der Waals surface area contributed by atoms with Gasteiger partial charge in [-0.25, -0.2) is 4.79 Å². The van der Waals surface area contributed by atoms with E-state index in [-0.39, 0.29) is 6.03 Å². The van der Waals surface area contributed by atoms with Gasteiger partial charge in [-0.2, -0.15) is 0 Å². The topological polar surface area (TPSA) is 59.6 Å². The van der Waals surface area contributed by atoms with Gasteiger partial charge in [0.15, 0.2) is 0 Å². The average molecular weight is 349 g/mol. The molecule has 0 aromatic heterocycles. The first-order valence-electron chi connectivity index (χ1n) is 7.79. The molecule has 2 N–H and O–H groups in total. The molecule has 0 fully saturated rings. The highest BCUT2D eigenvalue weighted by Crippen LogP contribution is 2.19. The Labute approximate surface area is 146 Å². The largest absolute Gasteiger partial charge is 0.494 e. The van der Waals surface area contributed by atoms with Crippen molar-refractivity contribution in [3.8, 4) is 11.5 Å². The van der Waals surface area contributed by atoms with Crippen LogP contribution < -0.4 is 20.1 Å². The molecular weight excluding hydrogens is 328 g/mol. The minimum Gasteiger partial charge on any atom is -0.494 e. The number of rotatable bonds is 8. The second-order valence-electron chi connectivity index (χ2n) is 4.99. The van der Waals surface area contributed by atoms with E-state index in [1.165, 1.54) is 0 Å². The molecule has 2 aromatic rings. The molecule has 5 nitrogen and oxygen atoms in total. The van der Waals surface area contributed by atoms with Crippen LogP contribution in [0.4, 0.5) is 4.79 Å². The van der Waals surface area contributed by atoms with E-state index in [9.17, 15) is 4.79 Å². The fourth-order valence-electron chi connectivity index (χ4n) is 2.00. The molecule has 0 saturated heterocycles. The minimum absolute atomic E-state index is 0.239. The summed E-state index contributed by atoms with van der Waals surface area (Å²) in [4.78, 5) is 11.7. The van der Waals surface area contributed by atoms with Crippen molar-refractivity contribution in [3.63, 3.8) is 0 Å². The van der Waals surface area contributed by atoms with E-state index in [1.807, 2.05) is 43.3 Å². The van der Waals surface area contributed by atoms with E-state index < -0.39 is 0 Å². The second-order valence-corrected chi connectivity index (χ2v) is 5.43. The Morgan fingerprint density at radius 3 is 2.46 bits per heavy atom. The van der Waals surface area contributed by atoms with Crippen LogP contribution >= 0.6 is 11.6 Å². The monoisotopic (exact) mass is 348 g/mol. The number of hydrogen-bond acceptors (Lipinski definition) is 3. The van der Waals surface area contributed by atoms with Crippen LogP contribution in [0.1, 0.15) is 12.5 Å². The first-order valence-corrected chi connectivity index (χ1v) is 8.17. The molecule has 24 heavy (non-hydrogen) atoms. The van der Waals surface area contributed by atoms with Gasteiger partial charge in [0.2, 0.25) is 0 Å². The van der Waals surface area contributed by atoms with Crippen LogP contribution in [0.25, 0.3) is 0 Å². The summed E-state index contributed by atoms with van der Waals surface area (Å²) in [5.41, 5.74) is 0.985. The van der Waals surface area contributed by atoms with Crippen molar-refractivity contribution < 1.29 is 14.3 Å². The van der Waals surface area contributed by atoms with Crippen LogP contribution in [0.2, 0.25) is 5.02 Å². The predicted octanol–water partition coefficient (Wildman–Crippen LogP) is 3.62. The minimum atomic E-state index is -0.239. The zero-order chi connectivity index (χ0) is 17.2. The van der Waals surface area contributed by atoms with Crippen LogP contribution in [0.15, 0.2) is 48.5 Å². The summed E-state index contributed by atoms with van der Waals surface area (Å²) in [6.07, 6.45) is 0. The van der Waals surface area contributed by atoms with Crippen LogP contribution in [-0.2, 0) is 6.54 Å². The number of carbonyl (C=O) groups is 1. The van der Waals surface area contributed by atoms with Crippen molar-refractivity contribution in [2.45, 2.75) is 13.5 Å². The lowest BCUT2D eigenvalue weighted by atomic mass is 10.2. The third kappa shape index (κ3) is 6.38. The summed E-state index contributed by atoms with van der Waals surface area (Å²) in [6, 6.07) is 14.5. The van der Waals surface area contributed by atoms with Gasteiger partial charge >= 0.3 is 6.03 Å². The summed E-state index contributed by atoms with van der Waals surface area (Å²) < 4.78 is 11.0. The molecule has 0 bridgehead atoms. The average Bonchev–Trinajstić information content (AvgIpc) is 2.59. The van der Waals surface area contributed by atoms with E-state index in [2.05, 4.69) is 10.6 Å². The molecule has 0 unspecified atom stereocenters. The third-order valence-corrected chi connectivity index (χ3v) is 3.39. The maximum Gasteiger partial charge on any atom is 0.315 e. The van der Waals surface area contributed by atoms with Gasteiger partial charge in [-0.05, 0) is 36.8 Å². The zero-order valence-corrected chi connectivity index (χ0v) is 14.3. The summed E-state index contributed by atoms with van der Waals surface area (Å²) in [7, 11) is 0. The maximum atomic E-state index is 11.7. The number of amides is 2. The number of hydrogen-bond donors (Lipinski definition) is 2. The fourth-order valence-corrected chi connectivity index (χ4v) is 2.13. The Bertz CT molecular complexity index is 647. The summed E-state index contributed by atoms with van der Waals surface area (Å²) >= 11 is 5.82. The van der Waals surface area contributed by atoms with Gasteiger partial charge in [0.05, 0.1) is 13.2 Å². The summed E-state index contributed by atoms with van der Waals surface area (Å²) in [5, 5.41) is 6.19. The third-order valence-electron chi connectivity index (χ3n) is 3.14. The number of nitrogens with one attached hydrogen (secondary N) is 2. The van der Waals surface area contributed by atoms with Crippen molar-refractivity contribution in [3.05, 3.63) is 59.1 Å². The van der Waals surface area contributed by atoms with Crippen molar-refractivity contribution in [1.29, 1.82) is 0 Å². The van der Waals surface area contributed by atoms with E-state index in [4.69, 9.17) is 21.1 Å². The molecule has 0 saturated carbocycles. The molecule has 0 spiro atoms. The number of ether oxygens (including phenoxy) is 2. The van der Waals surface area contributed by atoms with Crippen molar-refractivity contribution in [1.82, 2.24) is 10.6 Å². The number of benzene rings is 2. The van der Waals surface area contributed by atoms with Gasteiger partial charge in [-0.1, -0.05) is 29.8 Å². The van der Waals surface area contributed by atoms with Crippen LogP contribution in [-0.4, -0.2) is 25.8 Å². The first-order chi connectivity index (χ1) is 11.7. The van der Waals surface area contributed by atoms with E-state index >= 15 is 0 Å².